The van der Waals surface area contributed by atoms with Gasteiger partial charge in [-0.05, 0) is 62.9 Å². The molecule has 0 saturated carbocycles. The number of carbonyl (C=O) groups is 1. The van der Waals surface area contributed by atoms with E-state index in [-0.39, 0.29) is 11.4 Å². The fourth-order valence-corrected chi connectivity index (χ4v) is 4.72. The summed E-state index contributed by atoms with van der Waals surface area (Å²) in [6, 6.07) is 7.04. The molecule has 0 aliphatic carbocycles. The number of rotatable bonds is 6. The summed E-state index contributed by atoms with van der Waals surface area (Å²) < 4.78 is 41.8. The summed E-state index contributed by atoms with van der Waals surface area (Å²) >= 11 is 0. The third-order valence-corrected chi connectivity index (χ3v) is 6.52. The number of halogens is 1. The van der Waals surface area contributed by atoms with Crippen molar-refractivity contribution in [2.24, 2.45) is 0 Å². The van der Waals surface area contributed by atoms with E-state index in [1.807, 2.05) is 19.9 Å². The Kier molecular flexibility index (Phi) is 6.38. The molecule has 0 aliphatic rings. The van der Waals surface area contributed by atoms with Gasteiger partial charge in [0.05, 0.1) is 10.9 Å². The van der Waals surface area contributed by atoms with E-state index in [0.29, 0.717) is 16.7 Å². The number of benzene rings is 2. The van der Waals surface area contributed by atoms with E-state index in [1.54, 1.807) is 32.0 Å². The minimum absolute atomic E-state index is 0.0147. The number of hydrogen-bond acceptors (Lipinski definition) is 3. The quantitative estimate of drug-likeness (QED) is 0.793. The lowest BCUT2D eigenvalue weighted by Crippen LogP contribution is -2.44. The summed E-state index contributed by atoms with van der Waals surface area (Å²) in [7, 11) is -3.89. The standard InChI is InChI=1S/C20H25FN2O3S/c1-12-10-13(2)15(4)19(14(12)3)27(25,26)23-16(5)20(24)22-11-17-8-6-7-9-18(17)21/h6-10,16,23H,11H2,1-5H3,(H,22,24)/t16-/m0/s1. The average Bonchev–Trinajstić information content (AvgIpc) is 2.58. The molecule has 5 nitrogen and oxygen atoms in total. The second kappa shape index (κ2) is 8.19. The SMILES string of the molecule is Cc1cc(C)c(C)c(S(=O)(=O)N[C@@H](C)C(=O)NCc2ccccc2F)c1C. The molecule has 7 heteroatoms. The van der Waals surface area contributed by atoms with Crippen LogP contribution < -0.4 is 10.0 Å². The molecule has 2 aromatic carbocycles. The molecular weight excluding hydrogens is 367 g/mol. The van der Waals surface area contributed by atoms with E-state index in [9.17, 15) is 17.6 Å². The molecule has 1 atom stereocenters. The average molecular weight is 392 g/mol. The monoisotopic (exact) mass is 392 g/mol. The fraction of sp³-hybridized carbons (Fsp3) is 0.350. The van der Waals surface area contributed by atoms with E-state index < -0.39 is 27.8 Å². The zero-order valence-electron chi connectivity index (χ0n) is 16.2. The first-order chi connectivity index (χ1) is 12.5. The van der Waals surface area contributed by atoms with Crippen molar-refractivity contribution >= 4 is 15.9 Å². The highest BCUT2D eigenvalue weighted by atomic mass is 32.2. The number of nitrogens with one attached hydrogen (secondary N) is 2. The van der Waals surface area contributed by atoms with Crippen molar-refractivity contribution in [3.05, 3.63) is 64.0 Å². The third-order valence-electron chi connectivity index (χ3n) is 4.70. The summed E-state index contributed by atoms with van der Waals surface area (Å²) in [6.07, 6.45) is 0. The second-order valence-electron chi connectivity index (χ2n) is 6.74. The van der Waals surface area contributed by atoms with E-state index in [4.69, 9.17) is 0 Å². The summed E-state index contributed by atoms with van der Waals surface area (Å²) in [5, 5.41) is 2.56. The van der Waals surface area contributed by atoms with Gasteiger partial charge in [0.15, 0.2) is 0 Å². The number of hydrogen-bond donors (Lipinski definition) is 2. The molecule has 0 spiro atoms. The van der Waals surface area contributed by atoms with E-state index >= 15 is 0 Å². The lowest BCUT2D eigenvalue weighted by Gasteiger charge is -2.19. The van der Waals surface area contributed by atoms with Gasteiger partial charge in [-0.15, -0.1) is 0 Å². The van der Waals surface area contributed by atoms with Crippen molar-refractivity contribution in [2.45, 2.75) is 52.1 Å². The van der Waals surface area contributed by atoms with E-state index in [1.165, 1.54) is 13.0 Å². The molecule has 2 aromatic rings. The lowest BCUT2D eigenvalue weighted by atomic mass is 10.0. The van der Waals surface area contributed by atoms with Gasteiger partial charge in [-0.2, -0.15) is 4.72 Å². The molecule has 0 aliphatic heterocycles. The van der Waals surface area contributed by atoms with Gasteiger partial charge in [0.2, 0.25) is 15.9 Å². The van der Waals surface area contributed by atoms with Crippen LogP contribution in [0.1, 0.15) is 34.7 Å². The molecule has 1 amide bonds. The fourth-order valence-electron chi connectivity index (χ4n) is 2.91. The second-order valence-corrected chi connectivity index (χ2v) is 8.39. The van der Waals surface area contributed by atoms with Gasteiger partial charge >= 0.3 is 0 Å². The van der Waals surface area contributed by atoms with Crippen molar-refractivity contribution in [2.75, 3.05) is 0 Å². The van der Waals surface area contributed by atoms with Gasteiger partial charge in [-0.3, -0.25) is 4.79 Å². The van der Waals surface area contributed by atoms with Crippen molar-refractivity contribution in [1.82, 2.24) is 10.0 Å². The highest BCUT2D eigenvalue weighted by Crippen LogP contribution is 2.26. The van der Waals surface area contributed by atoms with E-state index in [2.05, 4.69) is 10.0 Å². The molecular formula is C20H25FN2O3S. The van der Waals surface area contributed by atoms with Gasteiger partial charge in [-0.25, -0.2) is 12.8 Å². The Bertz CT molecular complexity index is 945. The van der Waals surface area contributed by atoms with Crippen LogP contribution in [0.3, 0.4) is 0 Å². The van der Waals surface area contributed by atoms with Gasteiger partial charge in [-0.1, -0.05) is 24.3 Å². The lowest BCUT2D eigenvalue weighted by molar-refractivity contribution is -0.122. The Hall–Kier alpha value is -2.25. The third kappa shape index (κ3) is 4.73. The van der Waals surface area contributed by atoms with Crippen molar-refractivity contribution in [3.63, 3.8) is 0 Å². The molecule has 0 bridgehead atoms. The highest BCUT2D eigenvalue weighted by Gasteiger charge is 2.26. The maximum absolute atomic E-state index is 13.6. The van der Waals surface area contributed by atoms with Crippen LogP contribution in [0.5, 0.6) is 0 Å². The Morgan fingerprint density at radius 3 is 2.19 bits per heavy atom. The predicted octanol–water partition coefficient (Wildman–Crippen LogP) is 3.04. The number of aryl methyl sites for hydroxylation is 2. The Morgan fingerprint density at radius 2 is 1.63 bits per heavy atom. The molecule has 0 aromatic heterocycles. The summed E-state index contributed by atoms with van der Waals surface area (Å²) in [4.78, 5) is 12.5. The molecule has 2 N–H and O–H groups in total. The Labute approximate surface area is 160 Å². The summed E-state index contributed by atoms with van der Waals surface area (Å²) in [5.41, 5.74) is 3.39. The molecule has 0 unspecified atom stereocenters. The van der Waals surface area contributed by atoms with Crippen LogP contribution in [0.2, 0.25) is 0 Å². The molecule has 146 valence electrons. The smallest absolute Gasteiger partial charge is 0.241 e. The molecule has 27 heavy (non-hydrogen) atoms. The molecule has 0 saturated heterocycles. The first-order valence-electron chi connectivity index (χ1n) is 8.65. The molecule has 0 fully saturated rings. The number of carbonyl (C=O) groups excluding carboxylic acids is 1. The van der Waals surface area contributed by atoms with Gasteiger partial charge in [0, 0.05) is 12.1 Å². The predicted molar refractivity (Wildman–Crippen MR) is 103 cm³/mol. The van der Waals surface area contributed by atoms with Crippen molar-refractivity contribution < 1.29 is 17.6 Å². The number of amides is 1. The van der Waals surface area contributed by atoms with Crippen molar-refractivity contribution in [3.8, 4) is 0 Å². The Balaban J connectivity index is 2.16. The molecule has 0 radical (unpaired) electrons. The number of sulfonamides is 1. The minimum atomic E-state index is -3.89. The topological polar surface area (TPSA) is 75.3 Å². The zero-order valence-corrected chi connectivity index (χ0v) is 17.0. The minimum Gasteiger partial charge on any atom is -0.351 e. The maximum Gasteiger partial charge on any atom is 0.241 e. The largest absolute Gasteiger partial charge is 0.351 e. The molecule has 0 heterocycles. The van der Waals surface area contributed by atoms with Crippen LogP contribution in [0.15, 0.2) is 35.2 Å². The first-order valence-corrected chi connectivity index (χ1v) is 10.1. The van der Waals surface area contributed by atoms with Crippen LogP contribution in [-0.4, -0.2) is 20.4 Å². The maximum atomic E-state index is 13.6. The van der Waals surface area contributed by atoms with Crippen molar-refractivity contribution in [1.29, 1.82) is 0 Å². The van der Waals surface area contributed by atoms with Crippen LogP contribution in [0, 0.1) is 33.5 Å². The Morgan fingerprint density at radius 1 is 1.07 bits per heavy atom. The van der Waals surface area contributed by atoms with Gasteiger partial charge in [0.1, 0.15) is 5.82 Å². The highest BCUT2D eigenvalue weighted by molar-refractivity contribution is 7.89. The summed E-state index contributed by atoms with van der Waals surface area (Å²) in [6.45, 7) is 8.65. The van der Waals surface area contributed by atoms with Gasteiger partial charge < -0.3 is 5.32 Å². The van der Waals surface area contributed by atoms with Crippen LogP contribution in [0.25, 0.3) is 0 Å². The zero-order chi connectivity index (χ0) is 20.4. The normalized spacial score (nSPS) is 12.7. The summed E-state index contributed by atoms with van der Waals surface area (Å²) in [5.74, 6) is -0.950. The van der Waals surface area contributed by atoms with Crippen LogP contribution >= 0.6 is 0 Å². The molecule has 2 rings (SSSR count). The van der Waals surface area contributed by atoms with Gasteiger partial charge in [0.25, 0.3) is 0 Å². The first kappa shape index (κ1) is 21.1. The van der Waals surface area contributed by atoms with Crippen LogP contribution in [0.4, 0.5) is 4.39 Å². The van der Waals surface area contributed by atoms with E-state index in [0.717, 1.165) is 11.1 Å². The van der Waals surface area contributed by atoms with Crippen LogP contribution in [-0.2, 0) is 21.4 Å².